The lowest BCUT2D eigenvalue weighted by atomic mass is 9.93. The number of halogens is 1. The standard InChI is InChI=1S/C15H17FN2OS/c1-9-5-6-10(11(16)7-9)13(19)18-14-17-12(8-20-14)15(2,3)4/h5-8H,1-4H3,(H,17,18,19). The Bertz CT molecular complexity index is 644. The number of nitrogens with one attached hydrogen (secondary N) is 1. The summed E-state index contributed by atoms with van der Waals surface area (Å²) in [7, 11) is 0. The van der Waals surface area contributed by atoms with Gasteiger partial charge in [-0.3, -0.25) is 10.1 Å². The van der Waals surface area contributed by atoms with Crippen LogP contribution in [0, 0.1) is 12.7 Å². The molecule has 0 aliphatic rings. The van der Waals surface area contributed by atoms with Gasteiger partial charge in [-0.1, -0.05) is 26.8 Å². The fraction of sp³-hybridized carbons (Fsp3) is 0.333. The predicted molar refractivity (Wildman–Crippen MR) is 79.9 cm³/mol. The molecule has 3 nitrogen and oxygen atoms in total. The molecular weight excluding hydrogens is 275 g/mol. The summed E-state index contributed by atoms with van der Waals surface area (Å²) in [4.78, 5) is 16.4. The number of aryl methyl sites for hydroxylation is 1. The van der Waals surface area contributed by atoms with Crippen molar-refractivity contribution in [2.24, 2.45) is 0 Å². The van der Waals surface area contributed by atoms with Gasteiger partial charge in [-0.25, -0.2) is 9.37 Å². The molecule has 0 fully saturated rings. The van der Waals surface area contributed by atoms with Crippen molar-refractivity contribution in [3.05, 3.63) is 46.2 Å². The highest BCUT2D eigenvalue weighted by Gasteiger charge is 2.19. The first-order valence-corrected chi connectivity index (χ1v) is 7.19. The van der Waals surface area contributed by atoms with Crippen LogP contribution in [0.25, 0.3) is 0 Å². The number of anilines is 1. The predicted octanol–water partition coefficient (Wildman–Crippen LogP) is 4.14. The van der Waals surface area contributed by atoms with Crippen LogP contribution in [-0.4, -0.2) is 10.9 Å². The van der Waals surface area contributed by atoms with Crippen molar-refractivity contribution in [3.63, 3.8) is 0 Å². The van der Waals surface area contributed by atoms with E-state index in [2.05, 4.69) is 10.3 Å². The molecule has 1 aromatic carbocycles. The number of carbonyl (C=O) groups excluding carboxylic acids is 1. The number of hydrogen-bond acceptors (Lipinski definition) is 3. The Morgan fingerprint density at radius 2 is 2.05 bits per heavy atom. The molecule has 0 radical (unpaired) electrons. The van der Waals surface area contributed by atoms with Gasteiger partial charge in [-0.05, 0) is 24.6 Å². The van der Waals surface area contributed by atoms with Gasteiger partial charge in [0.05, 0.1) is 11.3 Å². The van der Waals surface area contributed by atoms with E-state index in [4.69, 9.17) is 0 Å². The molecule has 1 N–H and O–H groups in total. The zero-order valence-corrected chi connectivity index (χ0v) is 12.8. The highest BCUT2D eigenvalue weighted by molar-refractivity contribution is 7.14. The van der Waals surface area contributed by atoms with E-state index in [9.17, 15) is 9.18 Å². The first-order chi connectivity index (χ1) is 9.27. The number of nitrogens with zero attached hydrogens (tertiary/aromatic N) is 1. The molecule has 20 heavy (non-hydrogen) atoms. The van der Waals surface area contributed by atoms with Gasteiger partial charge >= 0.3 is 0 Å². The van der Waals surface area contributed by atoms with Crippen molar-refractivity contribution in [2.75, 3.05) is 5.32 Å². The van der Waals surface area contributed by atoms with Crippen LogP contribution in [0.2, 0.25) is 0 Å². The Morgan fingerprint density at radius 1 is 1.35 bits per heavy atom. The molecule has 0 spiro atoms. The van der Waals surface area contributed by atoms with Gasteiger partial charge in [0.2, 0.25) is 0 Å². The van der Waals surface area contributed by atoms with Crippen LogP contribution in [-0.2, 0) is 5.41 Å². The highest BCUT2D eigenvalue weighted by atomic mass is 32.1. The second-order valence-corrected chi connectivity index (χ2v) is 6.58. The van der Waals surface area contributed by atoms with Crippen molar-refractivity contribution in [2.45, 2.75) is 33.1 Å². The molecule has 0 saturated carbocycles. The molecule has 1 amide bonds. The molecule has 0 atom stereocenters. The van der Waals surface area contributed by atoms with Crippen molar-refractivity contribution < 1.29 is 9.18 Å². The summed E-state index contributed by atoms with van der Waals surface area (Å²) in [5.41, 5.74) is 1.64. The minimum absolute atomic E-state index is 0.0307. The summed E-state index contributed by atoms with van der Waals surface area (Å²) in [5.74, 6) is -0.993. The van der Waals surface area contributed by atoms with Gasteiger partial charge in [-0.15, -0.1) is 11.3 Å². The van der Waals surface area contributed by atoms with Crippen LogP contribution in [0.4, 0.5) is 9.52 Å². The van der Waals surface area contributed by atoms with Crippen molar-refractivity contribution in [3.8, 4) is 0 Å². The Labute approximate surface area is 121 Å². The van der Waals surface area contributed by atoms with E-state index in [1.165, 1.54) is 23.5 Å². The van der Waals surface area contributed by atoms with Gasteiger partial charge in [0, 0.05) is 10.8 Å². The van der Waals surface area contributed by atoms with Gasteiger partial charge in [0.25, 0.3) is 5.91 Å². The second kappa shape index (κ2) is 5.32. The minimum atomic E-state index is -0.518. The van der Waals surface area contributed by atoms with E-state index in [1.807, 2.05) is 26.2 Å². The SMILES string of the molecule is Cc1ccc(C(=O)Nc2nc(C(C)(C)C)cs2)c(F)c1. The van der Waals surface area contributed by atoms with Gasteiger partial charge < -0.3 is 0 Å². The summed E-state index contributed by atoms with van der Waals surface area (Å²) in [5, 5.41) is 5.03. The van der Waals surface area contributed by atoms with Crippen LogP contribution >= 0.6 is 11.3 Å². The molecular formula is C15H17FN2OS. The van der Waals surface area contributed by atoms with Crippen molar-refractivity contribution >= 4 is 22.4 Å². The molecule has 0 aliphatic heterocycles. The van der Waals surface area contributed by atoms with Crippen LogP contribution in [0.1, 0.15) is 42.4 Å². The first-order valence-electron chi connectivity index (χ1n) is 6.31. The lowest BCUT2D eigenvalue weighted by Crippen LogP contribution is -2.15. The quantitative estimate of drug-likeness (QED) is 0.904. The Kier molecular flexibility index (Phi) is 3.90. The molecule has 1 heterocycles. The molecule has 0 unspecified atom stereocenters. The van der Waals surface area contributed by atoms with E-state index in [1.54, 1.807) is 13.0 Å². The van der Waals surface area contributed by atoms with E-state index < -0.39 is 11.7 Å². The summed E-state index contributed by atoms with van der Waals surface area (Å²) >= 11 is 1.34. The zero-order chi connectivity index (χ0) is 14.9. The molecule has 0 saturated heterocycles. The topological polar surface area (TPSA) is 42.0 Å². The maximum Gasteiger partial charge on any atom is 0.260 e. The van der Waals surface area contributed by atoms with Crippen LogP contribution in [0.3, 0.4) is 0 Å². The number of thiazole rings is 1. The van der Waals surface area contributed by atoms with Crippen molar-refractivity contribution in [1.82, 2.24) is 4.98 Å². The van der Waals surface area contributed by atoms with Gasteiger partial charge in [0.1, 0.15) is 5.82 Å². The lowest BCUT2D eigenvalue weighted by molar-refractivity contribution is 0.102. The van der Waals surface area contributed by atoms with E-state index in [0.29, 0.717) is 5.13 Å². The summed E-state index contributed by atoms with van der Waals surface area (Å²) in [6, 6.07) is 4.54. The van der Waals surface area contributed by atoms with Crippen LogP contribution in [0.5, 0.6) is 0 Å². The Balaban J connectivity index is 2.17. The number of rotatable bonds is 2. The van der Waals surface area contributed by atoms with E-state index >= 15 is 0 Å². The third-order valence-corrected chi connectivity index (χ3v) is 3.62. The van der Waals surface area contributed by atoms with Gasteiger partial charge in [0.15, 0.2) is 5.13 Å². The summed E-state index contributed by atoms with van der Waals surface area (Å²) < 4.78 is 13.7. The molecule has 1 aromatic heterocycles. The smallest absolute Gasteiger partial charge is 0.260 e. The maximum absolute atomic E-state index is 13.7. The lowest BCUT2D eigenvalue weighted by Gasteiger charge is -2.14. The number of benzene rings is 1. The number of amides is 1. The normalized spacial score (nSPS) is 11.4. The first kappa shape index (κ1) is 14.7. The average molecular weight is 292 g/mol. The summed E-state index contributed by atoms with van der Waals surface area (Å²) in [6.45, 7) is 7.93. The largest absolute Gasteiger partial charge is 0.298 e. The monoisotopic (exact) mass is 292 g/mol. The third-order valence-electron chi connectivity index (χ3n) is 2.86. The summed E-state index contributed by atoms with van der Waals surface area (Å²) in [6.07, 6.45) is 0. The zero-order valence-electron chi connectivity index (χ0n) is 12.0. The number of carbonyl (C=O) groups is 1. The van der Waals surface area contributed by atoms with E-state index in [-0.39, 0.29) is 11.0 Å². The molecule has 106 valence electrons. The fourth-order valence-electron chi connectivity index (χ4n) is 1.64. The van der Waals surface area contributed by atoms with Gasteiger partial charge in [-0.2, -0.15) is 0 Å². The fourth-order valence-corrected chi connectivity index (χ4v) is 2.58. The molecule has 5 heteroatoms. The molecule has 0 bridgehead atoms. The second-order valence-electron chi connectivity index (χ2n) is 5.73. The van der Waals surface area contributed by atoms with Crippen molar-refractivity contribution in [1.29, 1.82) is 0 Å². The van der Waals surface area contributed by atoms with Crippen LogP contribution in [0.15, 0.2) is 23.6 Å². The maximum atomic E-state index is 13.7. The third kappa shape index (κ3) is 3.22. The minimum Gasteiger partial charge on any atom is -0.298 e. The molecule has 2 aromatic rings. The Morgan fingerprint density at radius 3 is 2.60 bits per heavy atom. The average Bonchev–Trinajstić information content (AvgIpc) is 2.76. The number of aromatic nitrogens is 1. The molecule has 2 rings (SSSR count). The van der Waals surface area contributed by atoms with Crippen LogP contribution < -0.4 is 5.32 Å². The highest BCUT2D eigenvalue weighted by Crippen LogP contribution is 2.26. The molecule has 0 aliphatic carbocycles. The van der Waals surface area contributed by atoms with E-state index in [0.717, 1.165) is 11.3 Å². The number of hydrogen-bond donors (Lipinski definition) is 1. The Hall–Kier alpha value is -1.75.